The molecule has 0 fully saturated rings. The minimum absolute atomic E-state index is 0.212. The van der Waals surface area contributed by atoms with Gasteiger partial charge in [-0.05, 0) is 25.5 Å². The predicted octanol–water partition coefficient (Wildman–Crippen LogP) is 2.78. The van der Waals surface area contributed by atoms with Crippen LogP contribution in [0.4, 0.5) is 10.3 Å². The number of nitrogens with one attached hydrogen (secondary N) is 1. The van der Waals surface area contributed by atoms with E-state index in [0.717, 1.165) is 30.3 Å². The molecule has 2 rings (SSSR count). The maximum absolute atomic E-state index is 13.5. The Morgan fingerprint density at radius 1 is 1.33 bits per heavy atom. The van der Waals surface area contributed by atoms with E-state index in [-0.39, 0.29) is 11.6 Å². The molecule has 0 radical (unpaired) electrons. The Balaban J connectivity index is 2.22. The number of methoxy groups -OCH3 is 2. The molecule has 6 heteroatoms. The molecular weight excluding hydrogens is 273 g/mol. The lowest BCUT2D eigenvalue weighted by Gasteiger charge is -2.11. The quantitative estimate of drug-likeness (QED) is 0.798. The number of ether oxygens (including phenoxy) is 2. The molecule has 0 amide bonds. The smallest absolute Gasteiger partial charge is 0.207 e. The summed E-state index contributed by atoms with van der Waals surface area (Å²) in [5.74, 6) is 0.550. The molecule has 0 bridgehead atoms. The fourth-order valence-electron chi connectivity index (χ4n) is 2.03. The van der Waals surface area contributed by atoms with Gasteiger partial charge in [0.2, 0.25) is 5.95 Å². The molecule has 0 saturated carbocycles. The summed E-state index contributed by atoms with van der Waals surface area (Å²) < 4.78 is 25.4. The Hall–Kier alpha value is -2.08. The zero-order valence-corrected chi connectivity index (χ0v) is 12.5. The number of halogens is 1. The van der Waals surface area contributed by atoms with Gasteiger partial charge in [-0.2, -0.15) is 0 Å². The fraction of sp³-hybridized carbons (Fsp3) is 0.400. The maximum Gasteiger partial charge on any atom is 0.207 e. The van der Waals surface area contributed by atoms with Crippen LogP contribution in [0.3, 0.4) is 0 Å². The third-order valence-electron chi connectivity index (χ3n) is 3.05. The zero-order chi connectivity index (χ0) is 15.2. The van der Waals surface area contributed by atoms with Crippen molar-refractivity contribution in [1.82, 2.24) is 9.55 Å². The van der Waals surface area contributed by atoms with Crippen molar-refractivity contribution in [1.29, 1.82) is 0 Å². The Bertz CT molecular complexity index is 599. The molecule has 0 aliphatic heterocycles. The summed E-state index contributed by atoms with van der Waals surface area (Å²) in [4.78, 5) is 4.44. The number of rotatable bonds is 7. The van der Waals surface area contributed by atoms with E-state index in [4.69, 9.17) is 9.47 Å². The van der Waals surface area contributed by atoms with Crippen LogP contribution in [0.25, 0.3) is 5.69 Å². The highest BCUT2D eigenvalue weighted by atomic mass is 19.1. The lowest BCUT2D eigenvalue weighted by molar-refractivity contribution is 0.197. The van der Waals surface area contributed by atoms with Gasteiger partial charge in [-0.25, -0.2) is 9.37 Å². The van der Waals surface area contributed by atoms with E-state index in [9.17, 15) is 4.39 Å². The number of nitrogens with zero attached hydrogens (tertiary/aromatic N) is 2. The van der Waals surface area contributed by atoms with Crippen LogP contribution in [-0.2, 0) is 4.74 Å². The summed E-state index contributed by atoms with van der Waals surface area (Å²) in [5.41, 5.74) is 1.68. The van der Waals surface area contributed by atoms with Crippen LogP contribution < -0.4 is 10.1 Å². The molecule has 2 aromatic rings. The van der Waals surface area contributed by atoms with Crippen molar-refractivity contribution < 1.29 is 13.9 Å². The third-order valence-corrected chi connectivity index (χ3v) is 3.05. The van der Waals surface area contributed by atoms with Gasteiger partial charge >= 0.3 is 0 Å². The van der Waals surface area contributed by atoms with Gasteiger partial charge in [0.05, 0.1) is 18.5 Å². The highest BCUT2D eigenvalue weighted by Gasteiger charge is 2.10. The molecular formula is C15H20FN3O2. The first-order valence-electron chi connectivity index (χ1n) is 6.78. The van der Waals surface area contributed by atoms with Crippen LogP contribution in [0.15, 0.2) is 24.4 Å². The van der Waals surface area contributed by atoms with Crippen LogP contribution >= 0.6 is 0 Å². The van der Waals surface area contributed by atoms with Gasteiger partial charge in [-0.15, -0.1) is 0 Å². The van der Waals surface area contributed by atoms with Gasteiger partial charge < -0.3 is 14.8 Å². The minimum atomic E-state index is -0.382. The second-order valence-corrected chi connectivity index (χ2v) is 4.67. The topological polar surface area (TPSA) is 48.3 Å². The third kappa shape index (κ3) is 3.72. The molecule has 0 aliphatic carbocycles. The van der Waals surface area contributed by atoms with E-state index in [1.54, 1.807) is 19.2 Å². The van der Waals surface area contributed by atoms with E-state index in [1.807, 2.05) is 17.7 Å². The largest absolute Gasteiger partial charge is 0.494 e. The number of imidazole rings is 1. The van der Waals surface area contributed by atoms with Gasteiger partial charge in [0.1, 0.15) is 0 Å². The van der Waals surface area contributed by atoms with Crippen LogP contribution in [0.1, 0.15) is 12.1 Å². The first-order chi connectivity index (χ1) is 10.2. The van der Waals surface area contributed by atoms with Crippen molar-refractivity contribution in [2.75, 3.05) is 32.7 Å². The average Bonchev–Trinajstić information content (AvgIpc) is 2.85. The summed E-state index contributed by atoms with van der Waals surface area (Å²) >= 11 is 0. The summed E-state index contributed by atoms with van der Waals surface area (Å²) in [6.07, 6.45) is 2.78. The van der Waals surface area contributed by atoms with Crippen molar-refractivity contribution >= 4 is 5.95 Å². The molecule has 114 valence electrons. The standard InChI is InChI=1S/C15H20FN3O2/c1-11-10-19(15(18-11)17-7-4-8-20-2)12-5-6-13(16)14(9-12)21-3/h5-6,9-10H,4,7-8H2,1-3H3,(H,17,18). The molecule has 0 unspecified atom stereocenters. The highest BCUT2D eigenvalue weighted by molar-refractivity contribution is 5.47. The lowest BCUT2D eigenvalue weighted by atomic mass is 10.3. The number of aryl methyl sites for hydroxylation is 1. The molecule has 1 heterocycles. The number of hydrogen-bond donors (Lipinski definition) is 1. The first-order valence-corrected chi connectivity index (χ1v) is 6.78. The van der Waals surface area contributed by atoms with E-state index >= 15 is 0 Å². The van der Waals surface area contributed by atoms with Gasteiger partial charge in [0, 0.05) is 32.5 Å². The summed E-state index contributed by atoms with van der Waals surface area (Å²) in [5, 5.41) is 3.26. The van der Waals surface area contributed by atoms with Crippen LogP contribution in [0, 0.1) is 12.7 Å². The van der Waals surface area contributed by atoms with E-state index in [0.29, 0.717) is 6.61 Å². The van der Waals surface area contributed by atoms with Crippen LogP contribution in [0.2, 0.25) is 0 Å². The summed E-state index contributed by atoms with van der Waals surface area (Å²) in [6, 6.07) is 4.73. The molecule has 1 N–H and O–H groups in total. The molecule has 0 aliphatic rings. The Morgan fingerprint density at radius 3 is 2.86 bits per heavy atom. The van der Waals surface area contributed by atoms with Crippen molar-refractivity contribution in [2.24, 2.45) is 0 Å². The van der Waals surface area contributed by atoms with Gasteiger partial charge in [0.15, 0.2) is 11.6 Å². The van der Waals surface area contributed by atoms with Gasteiger partial charge in [-0.3, -0.25) is 4.57 Å². The first kappa shape index (κ1) is 15.3. The molecule has 0 spiro atoms. The number of benzene rings is 1. The lowest BCUT2D eigenvalue weighted by Crippen LogP contribution is -2.09. The SMILES string of the molecule is COCCCNc1nc(C)cn1-c1ccc(F)c(OC)c1. The normalized spacial score (nSPS) is 10.7. The van der Waals surface area contributed by atoms with Gasteiger partial charge in [-0.1, -0.05) is 0 Å². The van der Waals surface area contributed by atoms with Crippen molar-refractivity contribution in [2.45, 2.75) is 13.3 Å². The van der Waals surface area contributed by atoms with E-state index in [2.05, 4.69) is 10.3 Å². The predicted molar refractivity (Wildman–Crippen MR) is 79.8 cm³/mol. The van der Waals surface area contributed by atoms with Crippen molar-refractivity contribution in [3.8, 4) is 11.4 Å². The monoisotopic (exact) mass is 293 g/mol. The molecule has 0 atom stereocenters. The second-order valence-electron chi connectivity index (χ2n) is 4.67. The molecule has 1 aromatic heterocycles. The zero-order valence-electron chi connectivity index (χ0n) is 12.5. The van der Waals surface area contributed by atoms with Gasteiger partial charge in [0.25, 0.3) is 0 Å². The molecule has 0 saturated heterocycles. The van der Waals surface area contributed by atoms with E-state index in [1.165, 1.54) is 13.2 Å². The Labute approximate surface area is 123 Å². The highest BCUT2D eigenvalue weighted by Crippen LogP contribution is 2.23. The average molecular weight is 293 g/mol. The van der Waals surface area contributed by atoms with Crippen molar-refractivity contribution in [3.05, 3.63) is 35.9 Å². The van der Waals surface area contributed by atoms with E-state index < -0.39 is 0 Å². The summed E-state index contributed by atoms with van der Waals surface area (Å²) in [6.45, 7) is 3.36. The minimum Gasteiger partial charge on any atom is -0.494 e. The Kier molecular flexibility index (Phi) is 5.16. The van der Waals surface area contributed by atoms with Crippen LogP contribution in [-0.4, -0.2) is 36.9 Å². The fourth-order valence-corrected chi connectivity index (χ4v) is 2.03. The van der Waals surface area contributed by atoms with Crippen molar-refractivity contribution in [3.63, 3.8) is 0 Å². The Morgan fingerprint density at radius 2 is 2.14 bits per heavy atom. The number of anilines is 1. The number of aromatic nitrogens is 2. The van der Waals surface area contributed by atoms with Crippen LogP contribution in [0.5, 0.6) is 5.75 Å². The molecule has 21 heavy (non-hydrogen) atoms. The molecule has 1 aromatic carbocycles. The summed E-state index contributed by atoms with van der Waals surface area (Å²) in [7, 11) is 3.13. The second kappa shape index (κ2) is 7.08. The molecule has 5 nitrogen and oxygen atoms in total. The maximum atomic E-state index is 13.5. The number of hydrogen-bond acceptors (Lipinski definition) is 4.